The van der Waals surface area contributed by atoms with Crippen molar-refractivity contribution >= 4 is 12.2 Å². The number of carboxylic acid groups (broad SMARTS) is 1. The Morgan fingerprint density at radius 3 is 2.79 bits per heavy atom. The Morgan fingerprint density at radius 1 is 1.29 bits per heavy atom. The second-order valence-electron chi connectivity index (χ2n) is 8.09. The van der Waals surface area contributed by atoms with Crippen molar-refractivity contribution in [2.45, 2.75) is 39.2 Å². The Balaban J connectivity index is 0.000000165. The van der Waals surface area contributed by atoms with Crippen molar-refractivity contribution in [2.75, 3.05) is 6.54 Å². The molecule has 5 nitrogen and oxygen atoms in total. The number of nitrogens with one attached hydrogen (secondary N) is 1. The Morgan fingerprint density at radius 2 is 2.07 bits per heavy atom. The predicted molar refractivity (Wildman–Crippen MR) is 110 cm³/mol. The van der Waals surface area contributed by atoms with E-state index < -0.39 is 5.97 Å². The average Bonchev–Trinajstić information content (AvgIpc) is 3.07. The summed E-state index contributed by atoms with van der Waals surface area (Å²) in [4.78, 5) is 14.9. The summed E-state index contributed by atoms with van der Waals surface area (Å²) in [6, 6.07) is 6.41. The van der Waals surface area contributed by atoms with Crippen LogP contribution in [0.4, 0.5) is 0 Å². The molecular formula is C23H26N2O3. The first-order chi connectivity index (χ1) is 13.4. The SMILES string of the molecule is CC1C2CC3=C(CCC4=C3/C=C\C/N=C\C41C)N2.O=C(O)c1ccccc1O. The van der Waals surface area contributed by atoms with Gasteiger partial charge in [0.05, 0.1) is 6.54 Å². The molecule has 5 bridgehead atoms. The first-order valence-corrected chi connectivity index (χ1v) is 9.83. The van der Waals surface area contributed by atoms with Crippen LogP contribution in [0, 0.1) is 11.3 Å². The molecule has 4 aliphatic rings. The molecule has 1 aromatic carbocycles. The molecule has 3 N–H and O–H groups in total. The molecule has 5 rings (SSSR count). The maximum Gasteiger partial charge on any atom is 0.339 e. The summed E-state index contributed by atoms with van der Waals surface area (Å²) in [6.07, 6.45) is 10.4. The lowest BCUT2D eigenvalue weighted by molar-refractivity contribution is 0.0693. The second kappa shape index (κ2) is 6.97. The van der Waals surface area contributed by atoms with Crippen LogP contribution < -0.4 is 5.32 Å². The van der Waals surface area contributed by atoms with Crippen molar-refractivity contribution < 1.29 is 15.0 Å². The van der Waals surface area contributed by atoms with Crippen LogP contribution in [-0.2, 0) is 0 Å². The molecule has 2 aliphatic heterocycles. The highest BCUT2D eigenvalue weighted by molar-refractivity contribution is 5.90. The molecule has 0 saturated heterocycles. The van der Waals surface area contributed by atoms with Crippen molar-refractivity contribution in [3.8, 4) is 5.75 Å². The van der Waals surface area contributed by atoms with Gasteiger partial charge in [0.25, 0.3) is 0 Å². The Labute approximate surface area is 165 Å². The van der Waals surface area contributed by atoms with Gasteiger partial charge in [-0.3, -0.25) is 4.99 Å². The number of carboxylic acids is 1. The van der Waals surface area contributed by atoms with Gasteiger partial charge in [-0.1, -0.05) is 43.7 Å². The number of hydrogen-bond donors (Lipinski definition) is 3. The summed E-state index contributed by atoms with van der Waals surface area (Å²) < 4.78 is 0. The van der Waals surface area contributed by atoms with E-state index in [1.165, 1.54) is 42.7 Å². The number of aliphatic imine (C=N–C) groups is 1. The van der Waals surface area contributed by atoms with Crippen LogP contribution in [0.5, 0.6) is 5.75 Å². The van der Waals surface area contributed by atoms with Crippen molar-refractivity contribution in [2.24, 2.45) is 16.3 Å². The van der Waals surface area contributed by atoms with Gasteiger partial charge in [0.1, 0.15) is 11.3 Å². The number of benzene rings is 1. The van der Waals surface area contributed by atoms with Crippen LogP contribution in [0.2, 0.25) is 0 Å². The molecular weight excluding hydrogens is 352 g/mol. The van der Waals surface area contributed by atoms with Gasteiger partial charge in [0, 0.05) is 23.4 Å². The fourth-order valence-electron chi connectivity index (χ4n) is 4.85. The number of rotatable bonds is 1. The second-order valence-corrected chi connectivity index (χ2v) is 8.09. The summed E-state index contributed by atoms with van der Waals surface area (Å²) >= 11 is 0. The van der Waals surface area contributed by atoms with E-state index in [4.69, 9.17) is 10.2 Å². The van der Waals surface area contributed by atoms with Crippen molar-refractivity contribution in [3.63, 3.8) is 0 Å². The minimum atomic E-state index is -1.11. The number of aromatic hydroxyl groups is 1. The molecule has 146 valence electrons. The van der Waals surface area contributed by atoms with Gasteiger partial charge in [0.15, 0.2) is 0 Å². The van der Waals surface area contributed by atoms with Gasteiger partial charge in [-0.05, 0) is 48.5 Å². The van der Waals surface area contributed by atoms with Gasteiger partial charge >= 0.3 is 5.97 Å². The first-order valence-electron chi connectivity index (χ1n) is 9.83. The molecule has 0 aromatic heterocycles. The fraction of sp³-hybridized carbons (Fsp3) is 0.391. The van der Waals surface area contributed by atoms with E-state index in [2.05, 4.69) is 42.5 Å². The van der Waals surface area contributed by atoms with Crippen LogP contribution in [0.15, 0.2) is 63.8 Å². The number of phenols is 1. The lowest BCUT2D eigenvalue weighted by atomic mass is 9.67. The molecule has 0 radical (unpaired) electrons. The van der Waals surface area contributed by atoms with Crippen molar-refractivity contribution in [1.29, 1.82) is 0 Å². The van der Waals surface area contributed by atoms with Gasteiger partial charge in [-0.15, -0.1) is 0 Å². The topological polar surface area (TPSA) is 81.9 Å². The zero-order valence-electron chi connectivity index (χ0n) is 16.3. The normalized spacial score (nSPS) is 31.8. The summed E-state index contributed by atoms with van der Waals surface area (Å²) in [6.45, 7) is 5.62. The highest BCUT2D eigenvalue weighted by Gasteiger charge is 2.47. The van der Waals surface area contributed by atoms with Crippen LogP contribution in [0.25, 0.3) is 0 Å². The number of hydrogen-bond acceptors (Lipinski definition) is 4. The summed E-state index contributed by atoms with van der Waals surface area (Å²) in [5, 5.41) is 21.1. The van der Waals surface area contributed by atoms with Crippen LogP contribution in [0.1, 0.15) is 43.5 Å². The van der Waals surface area contributed by atoms with E-state index in [-0.39, 0.29) is 16.7 Å². The fourth-order valence-corrected chi connectivity index (χ4v) is 4.85. The molecule has 0 amide bonds. The smallest absolute Gasteiger partial charge is 0.339 e. The van der Waals surface area contributed by atoms with E-state index >= 15 is 0 Å². The van der Waals surface area contributed by atoms with Gasteiger partial charge in [-0.25, -0.2) is 4.79 Å². The molecule has 28 heavy (non-hydrogen) atoms. The molecule has 0 fully saturated rings. The summed E-state index contributed by atoms with van der Waals surface area (Å²) in [7, 11) is 0. The number of carbonyl (C=O) groups is 1. The molecule has 0 saturated carbocycles. The summed E-state index contributed by atoms with van der Waals surface area (Å²) in [5.41, 5.74) is 6.37. The van der Waals surface area contributed by atoms with Crippen LogP contribution >= 0.6 is 0 Å². The van der Waals surface area contributed by atoms with E-state index in [0.717, 1.165) is 6.54 Å². The van der Waals surface area contributed by atoms with Crippen molar-refractivity contribution in [1.82, 2.24) is 5.32 Å². The lowest BCUT2D eigenvalue weighted by Crippen LogP contribution is -2.43. The minimum absolute atomic E-state index is 0.0671. The molecule has 5 heteroatoms. The maximum atomic E-state index is 10.3. The number of nitrogens with zero attached hydrogens (tertiary/aromatic N) is 1. The Bertz CT molecular complexity index is 941. The quantitative estimate of drug-likeness (QED) is 0.688. The average molecular weight is 378 g/mol. The number of fused-ring (bicyclic) bond motifs is 1. The standard InChI is InChI=1S/C16H20N2.C7H6O3/c1-10-15-8-12-11-4-3-7-17-9-16(10,2)13(11)5-6-14(12)18-15;8-6-4-2-1-3-5(6)7(9)10/h3-4,9-10,15,18H,5-8H2,1-2H3;1-4,8H,(H,9,10)/b4-3-,17-9-;. The molecule has 3 atom stereocenters. The van der Waals surface area contributed by atoms with Crippen LogP contribution in [-0.4, -0.2) is 35.0 Å². The third-order valence-electron chi connectivity index (χ3n) is 6.61. The first kappa shape index (κ1) is 18.5. The minimum Gasteiger partial charge on any atom is -0.507 e. The lowest BCUT2D eigenvalue weighted by Gasteiger charge is -2.41. The zero-order valence-corrected chi connectivity index (χ0v) is 16.3. The highest BCUT2D eigenvalue weighted by atomic mass is 16.4. The largest absolute Gasteiger partial charge is 0.507 e. The van der Waals surface area contributed by atoms with E-state index in [1.807, 2.05) is 0 Å². The molecule has 1 aromatic rings. The molecule has 0 spiro atoms. The summed E-state index contributed by atoms with van der Waals surface area (Å²) in [5.74, 6) is -0.693. The monoisotopic (exact) mass is 378 g/mol. The van der Waals surface area contributed by atoms with Gasteiger partial charge < -0.3 is 15.5 Å². The third-order valence-corrected chi connectivity index (χ3v) is 6.61. The molecule has 3 unspecified atom stereocenters. The van der Waals surface area contributed by atoms with Gasteiger partial charge in [-0.2, -0.15) is 0 Å². The molecule has 2 aliphatic carbocycles. The van der Waals surface area contributed by atoms with E-state index in [0.29, 0.717) is 12.0 Å². The number of allylic oxidation sites excluding steroid dienone is 4. The van der Waals surface area contributed by atoms with Crippen LogP contribution in [0.3, 0.4) is 0 Å². The van der Waals surface area contributed by atoms with E-state index in [9.17, 15) is 4.79 Å². The number of aromatic carboxylic acids is 1. The zero-order chi connectivity index (χ0) is 19.9. The highest BCUT2D eigenvalue weighted by Crippen LogP contribution is 2.52. The Kier molecular flexibility index (Phi) is 4.61. The van der Waals surface area contributed by atoms with Crippen molar-refractivity contribution in [3.05, 3.63) is 64.4 Å². The number of para-hydroxylation sites is 1. The third kappa shape index (κ3) is 2.95. The Hall–Kier alpha value is -2.82. The molecule has 2 heterocycles. The maximum absolute atomic E-state index is 10.3. The predicted octanol–water partition coefficient (Wildman–Crippen LogP) is 4.08. The van der Waals surface area contributed by atoms with Gasteiger partial charge in [0.2, 0.25) is 0 Å². The van der Waals surface area contributed by atoms with E-state index in [1.54, 1.807) is 23.3 Å².